The van der Waals surface area contributed by atoms with Crippen LogP contribution in [0.1, 0.15) is 0 Å². The van der Waals surface area contributed by atoms with Gasteiger partial charge in [0.15, 0.2) is 6.04 Å². The van der Waals surface area contributed by atoms with Gasteiger partial charge in [-0.3, -0.25) is 4.79 Å². The summed E-state index contributed by atoms with van der Waals surface area (Å²) in [6.45, 7) is -0.474. The third-order valence-electron chi connectivity index (χ3n) is 2.04. The molecule has 0 saturated carbocycles. The van der Waals surface area contributed by atoms with Crippen LogP contribution in [0, 0.1) is 5.92 Å². The number of methoxy groups -OCH3 is 1. The molecule has 0 aromatic carbocycles. The number of ether oxygens (including phenoxy) is 1. The maximum Gasteiger partial charge on any atom is 0.330 e. The number of hydrogen-bond acceptors (Lipinski definition) is 4. The average molecular weight is 211 g/mol. The van der Waals surface area contributed by atoms with Crippen molar-refractivity contribution in [2.75, 3.05) is 13.7 Å². The molecule has 0 unspecified atom stereocenters. The number of carbonyl (C=O) groups excluding carboxylic acids is 2. The van der Waals surface area contributed by atoms with Crippen molar-refractivity contribution < 1.29 is 19.4 Å². The topological polar surface area (TPSA) is 75.6 Å². The van der Waals surface area contributed by atoms with Gasteiger partial charge in [0.1, 0.15) is 0 Å². The molecular formula is C10H13NO4. The molecule has 15 heavy (non-hydrogen) atoms. The minimum atomic E-state index is -0.995. The zero-order chi connectivity index (χ0) is 11.3. The van der Waals surface area contributed by atoms with Crippen molar-refractivity contribution in [2.24, 2.45) is 5.92 Å². The molecule has 2 N–H and O–H groups in total. The molecular weight excluding hydrogens is 198 g/mol. The second-order valence-corrected chi connectivity index (χ2v) is 3.06. The van der Waals surface area contributed by atoms with Crippen LogP contribution >= 0.6 is 0 Å². The molecule has 0 radical (unpaired) electrons. The number of nitrogens with one attached hydrogen (secondary N) is 1. The first-order chi connectivity index (χ1) is 7.19. The van der Waals surface area contributed by atoms with Gasteiger partial charge in [-0.1, -0.05) is 24.3 Å². The van der Waals surface area contributed by atoms with E-state index in [1.54, 1.807) is 24.3 Å². The van der Waals surface area contributed by atoms with Crippen LogP contribution in [0.25, 0.3) is 0 Å². The van der Waals surface area contributed by atoms with Crippen molar-refractivity contribution in [3.63, 3.8) is 0 Å². The lowest BCUT2D eigenvalue weighted by molar-refractivity contribution is -0.146. The van der Waals surface area contributed by atoms with Crippen molar-refractivity contribution in [3.05, 3.63) is 24.3 Å². The monoisotopic (exact) mass is 211 g/mol. The van der Waals surface area contributed by atoms with Crippen LogP contribution in [-0.4, -0.2) is 36.7 Å². The van der Waals surface area contributed by atoms with Crippen LogP contribution in [-0.2, 0) is 14.3 Å². The Hall–Kier alpha value is -1.62. The molecule has 0 heterocycles. The Morgan fingerprint density at radius 3 is 2.53 bits per heavy atom. The van der Waals surface area contributed by atoms with E-state index in [9.17, 15) is 9.59 Å². The third kappa shape index (κ3) is 2.92. The summed E-state index contributed by atoms with van der Waals surface area (Å²) in [4.78, 5) is 22.6. The first kappa shape index (κ1) is 11.5. The maximum atomic E-state index is 11.5. The summed E-state index contributed by atoms with van der Waals surface area (Å²) >= 11 is 0. The molecule has 1 aliphatic carbocycles. The number of aliphatic hydroxyl groups is 1. The Balaban J connectivity index is 2.51. The molecule has 0 aromatic rings. The van der Waals surface area contributed by atoms with Crippen molar-refractivity contribution >= 4 is 11.9 Å². The Morgan fingerprint density at radius 2 is 2.07 bits per heavy atom. The van der Waals surface area contributed by atoms with Gasteiger partial charge < -0.3 is 15.2 Å². The van der Waals surface area contributed by atoms with Gasteiger partial charge in [-0.25, -0.2) is 4.79 Å². The standard InChI is InChI=1S/C10H13NO4/c1-15-10(14)8(6-12)11-9(13)7-4-2-3-5-7/h2-5,7-8,12H,6H2,1H3,(H,11,13)/t8-/m1/s1. The lowest BCUT2D eigenvalue weighted by atomic mass is 10.1. The number of esters is 1. The smallest absolute Gasteiger partial charge is 0.330 e. The molecule has 0 bridgehead atoms. The molecule has 0 fully saturated rings. The molecule has 1 atom stereocenters. The molecule has 82 valence electrons. The van der Waals surface area contributed by atoms with Gasteiger partial charge >= 0.3 is 5.97 Å². The first-order valence-electron chi connectivity index (χ1n) is 4.53. The summed E-state index contributed by atoms with van der Waals surface area (Å²) in [5, 5.41) is 11.3. The lowest BCUT2D eigenvalue weighted by Gasteiger charge is -2.15. The highest BCUT2D eigenvalue weighted by Crippen LogP contribution is 2.08. The van der Waals surface area contributed by atoms with E-state index in [0.717, 1.165) is 0 Å². The molecule has 1 rings (SSSR count). The summed E-state index contributed by atoms with van der Waals surface area (Å²) in [7, 11) is 1.20. The quantitative estimate of drug-likeness (QED) is 0.608. The minimum absolute atomic E-state index is 0.329. The normalized spacial score (nSPS) is 16.4. The van der Waals surface area contributed by atoms with Gasteiger partial charge in [-0.2, -0.15) is 0 Å². The molecule has 0 aromatic heterocycles. The van der Waals surface area contributed by atoms with Crippen LogP contribution in [0.4, 0.5) is 0 Å². The molecule has 5 nitrogen and oxygen atoms in total. The number of rotatable bonds is 4. The fourth-order valence-corrected chi connectivity index (χ4v) is 1.20. The summed E-state index contributed by atoms with van der Waals surface area (Å²) in [6.07, 6.45) is 6.88. The summed E-state index contributed by atoms with van der Waals surface area (Å²) in [6, 6.07) is -0.995. The molecule has 1 aliphatic rings. The number of allylic oxidation sites excluding steroid dienone is 2. The number of aliphatic hydroxyl groups excluding tert-OH is 1. The SMILES string of the molecule is COC(=O)[C@@H](CO)NC(=O)C1C=CC=C1. The van der Waals surface area contributed by atoms with Crippen molar-refractivity contribution in [1.29, 1.82) is 0 Å². The fourth-order valence-electron chi connectivity index (χ4n) is 1.20. The van der Waals surface area contributed by atoms with Crippen molar-refractivity contribution in [1.82, 2.24) is 5.32 Å². The number of hydrogen-bond donors (Lipinski definition) is 2. The maximum absolute atomic E-state index is 11.5. The molecule has 0 saturated heterocycles. The second-order valence-electron chi connectivity index (χ2n) is 3.06. The minimum Gasteiger partial charge on any atom is -0.467 e. The van der Waals surface area contributed by atoms with Crippen LogP contribution in [0.15, 0.2) is 24.3 Å². The van der Waals surface area contributed by atoms with E-state index in [2.05, 4.69) is 10.1 Å². The summed E-state index contributed by atoms with van der Waals surface area (Å²) in [5.74, 6) is -1.36. The van der Waals surface area contributed by atoms with E-state index < -0.39 is 18.6 Å². The van der Waals surface area contributed by atoms with Gasteiger partial charge in [0.2, 0.25) is 5.91 Å². The van der Waals surface area contributed by atoms with E-state index >= 15 is 0 Å². The van der Waals surface area contributed by atoms with E-state index in [1.165, 1.54) is 7.11 Å². The fraction of sp³-hybridized carbons (Fsp3) is 0.400. The number of amides is 1. The van der Waals surface area contributed by atoms with Gasteiger partial charge in [-0.05, 0) is 0 Å². The highest BCUT2D eigenvalue weighted by molar-refractivity contribution is 5.88. The van der Waals surface area contributed by atoms with Gasteiger partial charge in [0.05, 0.1) is 19.6 Å². The van der Waals surface area contributed by atoms with E-state index in [-0.39, 0.29) is 11.8 Å². The Labute approximate surface area is 87.4 Å². The van der Waals surface area contributed by atoms with Crippen molar-refractivity contribution in [3.8, 4) is 0 Å². The lowest BCUT2D eigenvalue weighted by Crippen LogP contribution is -2.45. The highest BCUT2D eigenvalue weighted by Gasteiger charge is 2.23. The first-order valence-corrected chi connectivity index (χ1v) is 4.53. The Kier molecular flexibility index (Phi) is 4.05. The zero-order valence-corrected chi connectivity index (χ0v) is 8.34. The molecule has 0 aliphatic heterocycles. The number of carbonyl (C=O) groups is 2. The predicted octanol–water partition coefficient (Wildman–Crippen LogP) is -0.621. The molecule has 5 heteroatoms. The van der Waals surface area contributed by atoms with Gasteiger partial charge in [0, 0.05) is 0 Å². The van der Waals surface area contributed by atoms with Crippen LogP contribution in [0.5, 0.6) is 0 Å². The van der Waals surface area contributed by atoms with Gasteiger partial charge in [-0.15, -0.1) is 0 Å². The Morgan fingerprint density at radius 1 is 1.47 bits per heavy atom. The molecule has 0 spiro atoms. The van der Waals surface area contributed by atoms with Crippen molar-refractivity contribution in [2.45, 2.75) is 6.04 Å². The van der Waals surface area contributed by atoms with E-state index in [1.807, 2.05) is 0 Å². The second kappa shape index (κ2) is 5.31. The Bertz CT molecular complexity index is 297. The predicted molar refractivity (Wildman–Crippen MR) is 52.8 cm³/mol. The highest BCUT2D eigenvalue weighted by atomic mass is 16.5. The summed E-state index contributed by atoms with van der Waals surface area (Å²) in [5.41, 5.74) is 0. The van der Waals surface area contributed by atoms with Crippen LogP contribution in [0.2, 0.25) is 0 Å². The third-order valence-corrected chi connectivity index (χ3v) is 2.04. The summed E-state index contributed by atoms with van der Waals surface area (Å²) < 4.78 is 4.42. The average Bonchev–Trinajstić information content (AvgIpc) is 2.77. The van der Waals surface area contributed by atoms with Gasteiger partial charge in [0.25, 0.3) is 0 Å². The van der Waals surface area contributed by atoms with E-state index in [4.69, 9.17) is 5.11 Å². The van der Waals surface area contributed by atoms with Crippen LogP contribution < -0.4 is 5.32 Å². The van der Waals surface area contributed by atoms with Crippen LogP contribution in [0.3, 0.4) is 0 Å². The van der Waals surface area contributed by atoms with E-state index in [0.29, 0.717) is 0 Å². The largest absolute Gasteiger partial charge is 0.467 e. The zero-order valence-electron chi connectivity index (χ0n) is 8.34. The molecule has 1 amide bonds.